The third-order valence-corrected chi connectivity index (χ3v) is 3.72. The first-order valence-corrected chi connectivity index (χ1v) is 6.73. The summed E-state index contributed by atoms with van der Waals surface area (Å²) in [4.78, 5) is 0. The summed E-state index contributed by atoms with van der Waals surface area (Å²) >= 11 is 0. The minimum atomic E-state index is 0.586. The summed E-state index contributed by atoms with van der Waals surface area (Å²) in [6, 6.07) is 9.00. The Balaban J connectivity index is 2.00. The zero-order valence-corrected chi connectivity index (χ0v) is 10.9. The Hall–Kier alpha value is -1.02. The van der Waals surface area contributed by atoms with Crippen LogP contribution in [-0.2, 0) is 6.42 Å². The van der Waals surface area contributed by atoms with Crippen molar-refractivity contribution in [1.82, 2.24) is 5.32 Å². The van der Waals surface area contributed by atoms with Crippen LogP contribution in [0.15, 0.2) is 24.3 Å². The van der Waals surface area contributed by atoms with Crippen molar-refractivity contribution in [2.24, 2.45) is 5.92 Å². The maximum Gasteiger partial charge on any atom is 0.122 e. The molecule has 2 atom stereocenters. The topological polar surface area (TPSA) is 21.3 Å². The first-order chi connectivity index (χ1) is 8.35. The molecule has 2 rings (SSSR count). The van der Waals surface area contributed by atoms with Crippen molar-refractivity contribution in [3.8, 4) is 5.75 Å². The van der Waals surface area contributed by atoms with Crippen molar-refractivity contribution >= 4 is 0 Å². The maximum atomic E-state index is 5.86. The first kappa shape index (κ1) is 12.4. The molecule has 0 radical (unpaired) electrons. The molecule has 0 bridgehead atoms. The lowest BCUT2D eigenvalue weighted by molar-refractivity contribution is 0.182. The predicted molar refractivity (Wildman–Crippen MR) is 71.5 cm³/mol. The van der Waals surface area contributed by atoms with Gasteiger partial charge < -0.3 is 10.1 Å². The second-order valence-corrected chi connectivity index (χ2v) is 4.92. The average molecular weight is 233 g/mol. The number of fused-ring (bicyclic) bond motifs is 1. The van der Waals surface area contributed by atoms with Gasteiger partial charge in [0.15, 0.2) is 0 Å². The number of benzene rings is 1. The summed E-state index contributed by atoms with van der Waals surface area (Å²) < 4.78 is 5.86. The van der Waals surface area contributed by atoms with Crippen molar-refractivity contribution in [2.45, 2.75) is 38.6 Å². The van der Waals surface area contributed by atoms with Gasteiger partial charge in [0, 0.05) is 12.0 Å². The third kappa shape index (κ3) is 3.01. The predicted octanol–water partition coefficient (Wildman–Crippen LogP) is 3.02. The minimum Gasteiger partial charge on any atom is -0.493 e. The van der Waals surface area contributed by atoms with Crippen LogP contribution >= 0.6 is 0 Å². The van der Waals surface area contributed by atoms with Crippen LogP contribution in [0.25, 0.3) is 0 Å². The highest BCUT2D eigenvalue weighted by atomic mass is 16.5. The molecule has 1 N–H and O–H groups in total. The maximum absolute atomic E-state index is 5.86. The van der Waals surface area contributed by atoms with Gasteiger partial charge in [-0.15, -0.1) is 0 Å². The smallest absolute Gasteiger partial charge is 0.122 e. The fourth-order valence-electron chi connectivity index (χ4n) is 2.65. The summed E-state index contributed by atoms with van der Waals surface area (Å²) in [5.41, 5.74) is 1.36. The van der Waals surface area contributed by atoms with Crippen LogP contribution in [0, 0.1) is 5.92 Å². The van der Waals surface area contributed by atoms with Crippen LogP contribution < -0.4 is 10.1 Å². The number of rotatable bonds is 5. The molecule has 0 aliphatic carbocycles. The van der Waals surface area contributed by atoms with E-state index in [0.717, 1.165) is 18.8 Å². The van der Waals surface area contributed by atoms with Gasteiger partial charge >= 0.3 is 0 Å². The van der Waals surface area contributed by atoms with Crippen molar-refractivity contribution in [2.75, 3.05) is 13.7 Å². The molecule has 0 spiro atoms. The Morgan fingerprint density at radius 3 is 3.00 bits per heavy atom. The average Bonchev–Trinajstić information content (AvgIpc) is 2.39. The molecule has 0 aromatic heterocycles. The zero-order chi connectivity index (χ0) is 12.1. The van der Waals surface area contributed by atoms with Gasteiger partial charge in [0.2, 0.25) is 0 Å². The molecule has 1 aromatic rings. The van der Waals surface area contributed by atoms with Crippen LogP contribution in [0.4, 0.5) is 0 Å². The molecule has 0 fully saturated rings. The lowest BCUT2D eigenvalue weighted by Crippen LogP contribution is -2.39. The van der Waals surface area contributed by atoms with Gasteiger partial charge in [-0.3, -0.25) is 0 Å². The van der Waals surface area contributed by atoms with Crippen LogP contribution in [0.2, 0.25) is 0 Å². The number of ether oxygens (including phenoxy) is 1. The monoisotopic (exact) mass is 233 g/mol. The molecule has 2 heteroatoms. The molecule has 2 nitrogen and oxygen atoms in total. The molecule has 1 aromatic carbocycles. The van der Waals surface area contributed by atoms with Gasteiger partial charge in [0.25, 0.3) is 0 Å². The summed E-state index contributed by atoms with van der Waals surface area (Å²) in [5, 5.41) is 3.46. The molecular weight excluding hydrogens is 210 g/mol. The summed E-state index contributed by atoms with van der Waals surface area (Å²) in [6.07, 6.45) is 4.96. The van der Waals surface area contributed by atoms with Gasteiger partial charge in [-0.05, 0) is 31.5 Å². The Bertz CT molecular complexity index is 351. The highest BCUT2D eigenvalue weighted by Crippen LogP contribution is 2.29. The van der Waals surface area contributed by atoms with Crippen LogP contribution in [0.3, 0.4) is 0 Å². The third-order valence-electron chi connectivity index (χ3n) is 3.72. The molecule has 94 valence electrons. The highest BCUT2D eigenvalue weighted by molar-refractivity contribution is 5.35. The van der Waals surface area contributed by atoms with Gasteiger partial charge in [-0.2, -0.15) is 0 Å². The van der Waals surface area contributed by atoms with Gasteiger partial charge in [-0.25, -0.2) is 0 Å². The number of unbranched alkanes of at least 4 members (excludes halogenated alkanes) is 1. The largest absolute Gasteiger partial charge is 0.493 e. The van der Waals surface area contributed by atoms with E-state index in [1.807, 2.05) is 6.07 Å². The Morgan fingerprint density at radius 1 is 1.41 bits per heavy atom. The molecule has 0 saturated carbocycles. The fraction of sp³-hybridized carbons (Fsp3) is 0.600. The highest BCUT2D eigenvalue weighted by Gasteiger charge is 2.25. The van der Waals surface area contributed by atoms with E-state index in [-0.39, 0.29) is 0 Å². The van der Waals surface area contributed by atoms with Crippen LogP contribution in [0.1, 0.15) is 31.7 Å². The molecule has 0 amide bonds. The molecule has 2 unspecified atom stereocenters. The van der Waals surface area contributed by atoms with Crippen molar-refractivity contribution < 1.29 is 4.74 Å². The van der Waals surface area contributed by atoms with E-state index in [1.54, 1.807) is 0 Å². The van der Waals surface area contributed by atoms with E-state index in [4.69, 9.17) is 4.74 Å². The number of hydrogen-bond acceptors (Lipinski definition) is 2. The van der Waals surface area contributed by atoms with Crippen molar-refractivity contribution in [3.63, 3.8) is 0 Å². The summed E-state index contributed by atoms with van der Waals surface area (Å²) in [6.45, 7) is 3.10. The number of hydrogen-bond donors (Lipinski definition) is 1. The lowest BCUT2D eigenvalue weighted by Gasteiger charge is -2.31. The van der Waals surface area contributed by atoms with Crippen LogP contribution in [-0.4, -0.2) is 19.7 Å². The second kappa shape index (κ2) is 6.06. The normalized spacial score (nSPS) is 20.5. The Labute approximate surface area is 104 Å². The Morgan fingerprint density at radius 2 is 2.24 bits per heavy atom. The Kier molecular flexibility index (Phi) is 4.43. The summed E-state index contributed by atoms with van der Waals surface area (Å²) in [7, 11) is 2.07. The first-order valence-electron chi connectivity index (χ1n) is 6.73. The van der Waals surface area contributed by atoms with Gasteiger partial charge in [0.1, 0.15) is 5.75 Å². The molecular formula is C15H23NO. The van der Waals surface area contributed by atoms with E-state index >= 15 is 0 Å². The van der Waals surface area contributed by atoms with Crippen molar-refractivity contribution in [1.29, 1.82) is 0 Å². The minimum absolute atomic E-state index is 0.586. The molecule has 1 aliphatic rings. The second-order valence-electron chi connectivity index (χ2n) is 4.92. The van der Waals surface area contributed by atoms with Crippen LogP contribution in [0.5, 0.6) is 5.75 Å². The molecule has 1 aliphatic heterocycles. The quantitative estimate of drug-likeness (QED) is 0.844. The lowest BCUT2D eigenvalue weighted by atomic mass is 9.88. The van der Waals surface area contributed by atoms with E-state index < -0.39 is 0 Å². The van der Waals surface area contributed by atoms with Crippen molar-refractivity contribution in [3.05, 3.63) is 29.8 Å². The van der Waals surface area contributed by atoms with E-state index in [0.29, 0.717) is 12.0 Å². The van der Waals surface area contributed by atoms with Gasteiger partial charge in [-0.1, -0.05) is 38.0 Å². The SMILES string of the molecule is CCCCC(NC)C1COc2ccccc2C1. The summed E-state index contributed by atoms with van der Waals surface area (Å²) in [5.74, 6) is 1.69. The van der Waals surface area contributed by atoms with Gasteiger partial charge in [0.05, 0.1) is 6.61 Å². The standard InChI is InChI=1S/C15H23NO/c1-3-4-8-14(16-2)13-10-12-7-5-6-9-15(12)17-11-13/h5-7,9,13-14,16H,3-4,8,10-11H2,1-2H3. The molecule has 0 saturated heterocycles. The van der Waals surface area contributed by atoms with E-state index in [9.17, 15) is 0 Å². The molecule has 1 heterocycles. The zero-order valence-electron chi connectivity index (χ0n) is 10.9. The number of para-hydroxylation sites is 1. The van der Waals surface area contributed by atoms with E-state index in [1.165, 1.54) is 24.8 Å². The number of nitrogens with one attached hydrogen (secondary N) is 1. The molecule has 17 heavy (non-hydrogen) atoms. The fourth-order valence-corrected chi connectivity index (χ4v) is 2.65. The van der Waals surface area contributed by atoms with E-state index in [2.05, 4.69) is 37.5 Å².